The summed E-state index contributed by atoms with van der Waals surface area (Å²) in [5, 5.41) is 8.14. The van der Waals surface area contributed by atoms with Crippen LogP contribution in [0.15, 0.2) is 60.7 Å². The Morgan fingerprint density at radius 3 is 2.16 bits per heavy atom. The predicted molar refractivity (Wildman–Crippen MR) is 185 cm³/mol. The van der Waals surface area contributed by atoms with E-state index in [2.05, 4.69) is 87.7 Å². The molecule has 0 amide bonds. The van der Waals surface area contributed by atoms with Gasteiger partial charge >= 0.3 is 0 Å². The van der Waals surface area contributed by atoms with Crippen LogP contribution in [-0.2, 0) is 10.2 Å². The SMILES string of the molecule is C[C@@H]1C[C@@H](C)CN(c2cc(N3CCN(c4ccccc4)CC3)nc(NC(=S)NCC3(c4ccc(Cl)cc4)CCOCC3)n2)C1. The summed E-state index contributed by atoms with van der Waals surface area (Å²) in [6, 6.07) is 21.0. The molecule has 3 fully saturated rings. The third-order valence-electron chi connectivity index (χ3n) is 9.34. The molecule has 0 aliphatic carbocycles. The molecule has 0 bridgehead atoms. The number of aromatic nitrogens is 2. The van der Waals surface area contributed by atoms with Gasteiger partial charge in [-0.1, -0.05) is 55.8 Å². The number of hydrogen-bond donors (Lipinski definition) is 2. The molecule has 3 aromatic rings. The number of thiocarbonyl (C=S) groups is 1. The van der Waals surface area contributed by atoms with Crippen LogP contribution in [0.5, 0.6) is 0 Å². The lowest BCUT2D eigenvalue weighted by atomic mass is 9.74. The molecule has 3 aliphatic heterocycles. The molecule has 1 aromatic heterocycles. The fourth-order valence-corrected chi connectivity index (χ4v) is 7.30. The van der Waals surface area contributed by atoms with Crippen LogP contribution < -0.4 is 25.3 Å². The molecular weight excluding hydrogens is 590 g/mol. The Labute approximate surface area is 272 Å². The number of rotatable bonds is 7. The van der Waals surface area contributed by atoms with Gasteiger partial charge in [0.2, 0.25) is 5.95 Å². The predicted octanol–water partition coefficient (Wildman–Crippen LogP) is 5.97. The second kappa shape index (κ2) is 13.9. The molecule has 0 unspecified atom stereocenters. The van der Waals surface area contributed by atoms with Gasteiger partial charge in [-0.05, 0) is 73.1 Å². The fraction of sp³-hybridized carbons (Fsp3) is 0.500. The van der Waals surface area contributed by atoms with Crippen LogP contribution in [0.3, 0.4) is 0 Å². The van der Waals surface area contributed by atoms with E-state index in [1.54, 1.807) is 0 Å². The summed E-state index contributed by atoms with van der Waals surface area (Å²) in [6.45, 7) is 12.5. The number of nitrogens with one attached hydrogen (secondary N) is 2. The summed E-state index contributed by atoms with van der Waals surface area (Å²) < 4.78 is 5.73. The lowest BCUT2D eigenvalue weighted by Crippen LogP contribution is -2.47. The first-order valence-corrected chi connectivity index (χ1v) is 16.7. The van der Waals surface area contributed by atoms with Crippen molar-refractivity contribution in [1.29, 1.82) is 0 Å². The number of piperazine rings is 1. The second-order valence-corrected chi connectivity index (χ2v) is 13.6. The molecule has 3 aliphatic rings. The molecule has 2 N–H and O–H groups in total. The topological polar surface area (TPSA) is 68.8 Å². The Balaban J connectivity index is 1.19. The average molecular weight is 634 g/mol. The van der Waals surface area contributed by atoms with Crippen LogP contribution >= 0.6 is 23.8 Å². The first kappa shape index (κ1) is 30.9. The van der Waals surface area contributed by atoms with Crippen LogP contribution in [-0.4, -0.2) is 74.1 Å². The van der Waals surface area contributed by atoms with E-state index in [0.29, 0.717) is 29.4 Å². The molecule has 0 spiro atoms. The number of ether oxygens (including phenoxy) is 1. The number of nitrogens with zero attached hydrogens (tertiary/aromatic N) is 5. The summed E-state index contributed by atoms with van der Waals surface area (Å²) in [6.07, 6.45) is 3.08. The van der Waals surface area contributed by atoms with Crippen LogP contribution in [0.4, 0.5) is 23.3 Å². The van der Waals surface area contributed by atoms with Crippen LogP contribution in [0, 0.1) is 11.8 Å². The van der Waals surface area contributed by atoms with Crippen molar-refractivity contribution in [2.24, 2.45) is 11.8 Å². The number of piperidine rings is 1. The highest BCUT2D eigenvalue weighted by molar-refractivity contribution is 7.80. The highest BCUT2D eigenvalue weighted by Crippen LogP contribution is 2.35. The number of hydrogen-bond acceptors (Lipinski definition) is 7. The average Bonchev–Trinajstić information content (AvgIpc) is 3.04. The standard InChI is InChI=1S/C34H44ClN7OS/c1-25-20-26(2)23-42(22-25)31-21-30(41-16-14-40(15-17-41)29-6-4-3-5-7-29)37-32(38-31)39-33(44)36-24-34(12-18-43-19-13-34)27-8-10-28(35)11-9-27/h3-11,21,25-26H,12-20,22-24H2,1-2H3,(H2,36,37,38,39,44)/t25-,26-/m1/s1. The molecular formula is C34H44ClN7OS. The Bertz CT molecular complexity index is 1380. The van der Waals surface area contributed by atoms with Crippen molar-refractivity contribution in [2.45, 2.75) is 38.5 Å². The van der Waals surface area contributed by atoms with Gasteiger partial charge in [-0.25, -0.2) is 0 Å². The van der Waals surface area contributed by atoms with Crippen LogP contribution in [0.1, 0.15) is 38.7 Å². The minimum absolute atomic E-state index is 0.0824. The van der Waals surface area contributed by atoms with Crippen LogP contribution in [0.2, 0.25) is 5.02 Å². The maximum atomic E-state index is 6.21. The smallest absolute Gasteiger partial charge is 0.232 e. The normalized spacial score (nSPS) is 22.0. The molecule has 8 nitrogen and oxygen atoms in total. The number of para-hydroxylation sites is 1. The van der Waals surface area contributed by atoms with E-state index in [9.17, 15) is 0 Å². The Morgan fingerprint density at radius 1 is 0.886 bits per heavy atom. The summed E-state index contributed by atoms with van der Waals surface area (Å²) >= 11 is 12.1. The van der Waals surface area contributed by atoms with Crippen LogP contribution in [0.25, 0.3) is 0 Å². The third kappa shape index (κ3) is 7.38. The summed E-state index contributed by atoms with van der Waals surface area (Å²) in [5.41, 5.74) is 2.44. The number of halogens is 1. The van der Waals surface area contributed by atoms with Crippen molar-refractivity contribution in [3.8, 4) is 0 Å². The van der Waals surface area contributed by atoms with E-state index >= 15 is 0 Å². The molecule has 2 aromatic carbocycles. The summed E-state index contributed by atoms with van der Waals surface area (Å²) in [7, 11) is 0. The maximum Gasteiger partial charge on any atom is 0.232 e. The van der Waals surface area contributed by atoms with Crippen molar-refractivity contribution < 1.29 is 4.74 Å². The zero-order chi connectivity index (χ0) is 30.5. The van der Waals surface area contributed by atoms with Gasteiger partial charge in [0.25, 0.3) is 0 Å². The molecule has 2 atom stereocenters. The minimum atomic E-state index is -0.0824. The zero-order valence-corrected chi connectivity index (χ0v) is 27.4. The van der Waals surface area contributed by atoms with Gasteiger partial charge in [0.15, 0.2) is 5.11 Å². The lowest BCUT2D eigenvalue weighted by molar-refractivity contribution is 0.0515. The van der Waals surface area contributed by atoms with Gasteiger partial charge in [0, 0.05) is 81.2 Å². The van der Waals surface area contributed by atoms with Crippen molar-refractivity contribution in [2.75, 3.05) is 79.0 Å². The zero-order valence-electron chi connectivity index (χ0n) is 25.8. The van der Waals surface area contributed by atoms with E-state index in [1.165, 1.54) is 17.7 Å². The Kier molecular flexibility index (Phi) is 9.74. The van der Waals surface area contributed by atoms with Gasteiger partial charge < -0.3 is 30.1 Å². The van der Waals surface area contributed by atoms with Crippen molar-refractivity contribution in [3.05, 3.63) is 71.2 Å². The number of benzene rings is 2. The van der Waals surface area contributed by atoms with E-state index in [0.717, 1.165) is 82.0 Å². The van der Waals surface area contributed by atoms with Gasteiger partial charge in [0.1, 0.15) is 11.6 Å². The largest absolute Gasteiger partial charge is 0.381 e. The second-order valence-electron chi connectivity index (χ2n) is 12.8. The molecule has 10 heteroatoms. The van der Waals surface area contributed by atoms with E-state index < -0.39 is 0 Å². The number of anilines is 4. The molecule has 234 valence electrons. The van der Waals surface area contributed by atoms with E-state index in [-0.39, 0.29) is 5.41 Å². The third-order valence-corrected chi connectivity index (χ3v) is 9.83. The molecule has 6 rings (SSSR count). The van der Waals surface area contributed by atoms with Gasteiger partial charge in [-0.3, -0.25) is 0 Å². The highest BCUT2D eigenvalue weighted by Gasteiger charge is 2.35. The van der Waals surface area contributed by atoms with Crippen molar-refractivity contribution in [1.82, 2.24) is 15.3 Å². The summed E-state index contributed by atoms with van der Waals surface area (Å²) in [5.74, 6) is 3.69. The van der Waals surface area contributed by atoms with Gasteiger partial charge in [0.05, 0.1) is 0 Å². The molecule has 44 heavy (non-hydrogen) atoms. The monoisotopic (exact) mass is 633 g/mol. The lowest BCUT2D eigenvalue weighted by Gasteiger charge is -2.39. The fourth-order valence-electron chi connectivity index (χ4n) is 7.01. The first-order valence-electron chi connectivity index (χ1n) is 15.9. The van der Waals surface area contributed by atoms with Gasteiger partial charge in [-0.2, -0.15) is 9.97 Å². The van der Waals surface area contributed by atoms with E-state index in [4.69, 9.17) is 38.5 Å². The maximum absolute atomic E-state index is 6.21. The molecule has 3 saturated heterocycles. The highest BCUT2D eigenvalue weighted by atomic mass is 35.5. The minimum Gasteiger partial charge on any atom is -0.381 e. The molecule has 0 saturated carbocycles. The molecule has 0 radical (unpaired) electrons. The Morgan fingerprint density at radius 2 is 1.50 bits per heavy atom. The quantitative estimate of drug-likeness (QED) is 0.306. The van der Waals surface area contributed by atoms with Crippen molar-refractivity contribution in [3.63, 3.8) is 0 Å². The van der Waals surface area contributed by atoms with Gasteiger partial charge in [-0.15, -0.1) is 0 Å². The van der Waals surface area contributed by atoms with E-state index in [1.807, 2.05) is 12.1 Å². The summed E-state index contributed by atoms with van der Waals surface area (Å²) in [4.78, 5) is 17.2. The molecule has 4 heterocycles. The Hall–Kier alpha value is -3.14. The van der Waals surface area contributed by atoms with Crippen molar-refractivity contribution >= 4 is 52.2 Å². The first-order chi connectivity index (χ1) is 21.4.